The molecule has 6 heterocycles. The minimum atomic E-state index is -0.0408. The molecule has 12 heteroatoms. The van der Waals surface area contributed by atoms with Crippen LogP contribution in [0.3, 0.4) is 0 Å². The zero-order valence-corrected chi connectivity index (χ0v) is 29.1. The van der Waals surface area contributed by atoms with Crippen LogP contribution in [0.5, 0.6) is 0 Å². The first-order valence-corrected chi connectivity index (χ1v) is 16.9. The van der Waals surface area contributed by atoms with Gasteiger partial charge >= 0.3 is 0 Å². The van der Waals surface area contributed by atoms with Crippen LogP contribution in [0.4, 0.5) is 11.6 Å². The van der Waals surface area contributed by atoms with Crippen LogP contribution in [0.15, 0.2) is 135 Å². The number of hydrogen-bond acceptors (Lipinski definition) is 9. The zero-order chi connectivity index (χ0) is 34.3. The van der Waals surface area contributed by atoms with Gasteiger partial charge in [0.15, 0.2) is 28.7 Å². The van der Waals surface area contributed by atoms with Crippen LogP contribution in [0.25, 0.3) is 33.8 Å². The third-order valence-electron chi connectivity index (χ3n) is 7.80. The zero-order valence-electron chi connectivity index (χ0n) is 27.0. The molecule has 0 aliphatic carbocycles. The molecule has 0 spiro atoms. The Labute approximate surface area is 301 Å². The molecular weight excluding hydrogens is 739 g/mol. The van der Waals surface area contributed by atoms with Gasteiger partial charge in [-0.05, 0) is 45.9 Å². The number of carbonyl (C=O) groups excluding carboxylic acids is 1. The van der Waals surface area contributed by atoms with E-state index in [2.05, 4.69) is 69.7 Å². The molecule has 0 unspecified atom stereocenters. The standard InChI is InChI=1S/C20H17N5O.C18H14IN5/c1-14(26)18-12-23-20-19(22-11-15-6-5-9-21-10-15)24-17(13-25(18)20)16-7-3-2-4-8-16;19-16-11-22-18-17(21-10-13-5-4-8-20-9-13)23-15(12-24(16)18)14-6-2-1-3-7-14/h2-10,12-13H,11H2,1H3,(H,22,24);1-9,11-12H,10H2,(H,21,23). The first kappa shape index (κ1) is 32.5. The lowest BCUT2D eigenvalue weighted by Crippen LogP contribution is -2.07. The van der Waals surface area contributed by atoms with E-state index in [9.17, 15) is 4.79 Å². The predicted octanol–water partition coefficient (Wildman–Crippen LogP) is 7.61. The number of aromatic nitrogens is 8. The molecule has 6 aromatic heterocycles. The van der Waals surface area contributed by atoms with Crippen LogP contribution in [-0.4, -0.2) is 44.5 Å². The Hall–Kier alpha value is -6.02. The minimum Gasteiger partial charge on any atom is -0.363 e. The number of rotatable bonds is 9. The van der Waals surface area contributed by atoms with E-state index in [-0.39, 0.29) is 5.78 Å². The lowest BCUT2D eigenvalue weighted by molar-refractivity contribution is 0.101. The Morgan fingerprint density at radius 1 is 0.640 bits per heavy atom. The van der Waals surface area contributed by atoms with Gasteiger partial charge in [-0.15, -0.1) is 0 Å². The summed E-state index contributed by atoms with van der Waals surface area (Å²) >= 11 is 2.28. The van der Waals surface area contributed by atoms with Gasteiger partial charge in [-0.1, -0.05) is 72.8 Å². The van der Waals surface area contributed by atoms with Crippen LogP contribution in [0.2, 0.25) is 0 Å². The van der Waals surface area contributed by atoms with Gasteiger partial charge in [0.05, 0.1) is 23.8 Å². The number of nitrogens with one attached hydrogen (secondary N) is 2. The number of fused-ring (bicyclic) bond motifs is 2. The molecule has 2 N–H and O–H groups in total. The largest absolute Gasteiger partial charge is 0.363 e. The lowest BCUT2D eigenvalue weighted by atomic mass is 10.1. The monoisotopic (exact) mass is 770 g/mol. The normalized spacial score (nSPS) is 10.8. The molecule has 8 rings (SSSR count). The maximum atomic E-state index is 11.9. The maximum absolute atomic E-state index is 11.9. The Kier molecular flexibility index (Phi) is 9.78. The minimum absolute atomic E-state index is 0.0408. The molecule has 0 saturated heterocycles. The third kappa shape index (κ3) is 7.34. The van der Waals surface area contributed by atoms with Crippen molar-refractivity contribution in [3.05, 3.63) is 155 Å². The van der Waals surface area contributed by atoms with E-state index < -0.39 is 0 Å². The number of pyridine rings is 2. The van der Waals surface area contributed by atoms with Gasteiger partial charge in [0, 0.05) is 68.3 Å². The molecule has 50 heavy (non-hydrogen) atoms. The van der Waals surface area contributed by atoms with Crippen molar-refractivity contribution in [2.75, 3.05) is 10.6 Å². The summed E-state index contributed by atoms with van der Waals surface area (Å²) in [6, 6.07) is 27.9. The van der Waals surface area contributed by atoms with E-state index in [1.165, 1.54) is 6.92 Å². The summed E-state index contributed by atoms with van der Waals surface area (Å²) in [6.45, 7) is 2.75. The van der Waals surface area contributed by atoms with Crippen molar-refractivity contribution in [2.24, 2.45) is 0 Å². The smallest absolute Gasteiger partial charge is 0.180 e. The number of carbonyl (C=O) groups is 1. The molecule has 2 aromatic carbocycles. The summed E-state index contributed by atoms with van der Waals surface area (Å²) in [5.41, 5.74) is 7.85. The van der Waals surface area contributed by atoms with Gasteiger partial charge in [-0.25, -0.2) is 19.9 Å². The van der Waals surface area contributed by atoms with Crippen LogP contribution in [0, 0.1) is 3.70 Å². The molecule has 0 amide bonds. The summed E-state index contributed by atoms with van der Waals surface area (Å²) in [5, 5.41) is 6.71. The van der Waals surface area contributed by atoms with Crippen LogP contribution < -0.4 is 10.6 Å². The van der Waals surface area contributed by atoms with E-state index in [1.807, 2.05) is 97.6 Å². The van der Waals surface area contributed by atoms with Gasteiger partial charge in [0.25, 0.3) is 0 Å². The molecule has 8 aromatic rings. The number of nitrogens with zero attached hydrogens (tertiary/aromatic N) is 8. The highest BCUT2D eigenvalue weighted by atomic mass is 127. The quantitative estimate of drug-likeness (QED) is 0.113. The number of imidazole rings is 2. The molecular formula is C38H31IN10O. The first-order valence-electron chi connectivity index (χ1n) is 15.8. The van der Waals surface area contributed by atoms with Crippen molar-refractivity contribution in [2.45, 2.75) is 20.0 Å². The fourth-order valence-electron chi connectivity index (χ4n) is 5.32. The molecule has 0 aliphatic heterocycles. The molecule has 246 valence electrons. The van der Waals surface area contributed by atoms with E-state index in [4.69, 9.17) is 9.97 Å². The molecule has 0 aliphatic rings. The van der Waals surface area contributed by atoms with Crippen molar-refractivity contribution in [1.82, 2.24) is 38.7 Å². The number of ketones is 1. The average molecular weight is 771 g/mol. The van der Waals surface area contributed by atoms with Gasteiger partial charge in [0.2, 0.25) is 0 Å². The molecule has 11 nitrogen and oxygen atoms in total. The average Bonchev–Trinajstić information content (AvgIpc) is 3.78. The Balaban J connectivity index is 0.000000157. The molecule has 0 bridgehead atoms. The second kappa shape index (κ2) is 15.0. The molecule has 0 fully saturated rings. The van der Waals surface area contributed by atoms with E-state index in [0.29, 0.717) is 30.2 Å². The number of Topliss-reactive ketones (excluding diaryl/α,β-unsaturated/α-hetero) is 1. The maximum Gasteiger partial charge on any atom is 0.180 e. The SMILES string of the molecule is CC(=O)c1cnc2c(NCc3cccnc3)nc(-c3ccccc3)cn12.Ic1cnc2c(NCc3cccnc3)nc(-c3ccccc3)cn12. The number of anilines is 2. The topological polar surface area (TPSA) is 127 Å². The summed E-state index contributed by atoms with van der Waals surface area (Å²) in [6.07, 6.45) is 14.5. The van der Waals surface area contributed by atoms with Crippen LogP contribution in [0.1, 0.15) is 28.5 Å². The fourth-order valence-corrected chi connectivity index (χ4v) is 5.83. The van der Waals surface area contributed by atoms with E-state index in [1.54, 1.807) is 29.2 Å². The number of hydrogen-bond donors (Lipinski definition) is 2. The van der Waals surface area contributed by atoms with Crippen LogP contribution >= 0.6 is 22.6 Å². The molecule has 0 radical (unpaired) electrons. The lowest BCUT2D eigenvalue weighted by Gasteiger charge is -2.11. The number of benzene rings is 2. The van der Waals surface area contributed by atoms with Crippen molar-refractivity contribution in [3.8, 4) is 22.5 Å². The Bertz CT molecular complexity index is 2360. The fraction of sp³-hybridized carbons (Fsp3) is 0.0789. The predicted molar refractivity (Wildman–Crippen MR) is 203 cm³/mol. The van der Waals surface area contributed by atoms with Gasteiger partial charge in [-0.2, -0.15) is 0 Å². The van der Waals surface area contributed by atoms with E-state index >= 15 is 0 Å². The third-order valence-corrected chi connectivity index (χ3v) is 8.60. The molecule has 0 saturated carbocycles. The second-order valence-corrected chi connectivity index (χ2v) is 12.4. The van der Waals surface area contributed by atoms with Crippen molar-refractivity contribution in [3.63, 3.8) is 0 Å². The Morgan fingerprint density at radius 2 is 1.14 bits per heavy atom. The highest BCUT2D eigenvalue weighted by molar-refractivity contribution is 14.1. The summed E-state index contributed by atoms with van der Waals surface area (Å²) < 4.78 is 4.90. The van der Waals surface area contributed by atoms with Crippen LogP contribution in [-0.2, 0) is 13.1 Å². The van der Waals surface area contributed by atoms with Crippen molar-refractivity contribution < 1.29 is 4.79 Å². The highest BCUT2D eigenvalue weighted by Gasteiger charge is 2.15. The van der Waals surface area contributed by atoms with E-state index in [0.717, 1.165) is 48.8 Å². The number of halogens is 1. The van der Waals surface area contributed by atoms with Gasteiger partial charge < -0.3 is 10.6 Å². The van der Waals surface area contributed by atoms with Gasteiger partial charge in [-0.3, -0.25) is 23.6 Å². The summed E-state index contributed by atoms with van der Waals surface area (Å²) in [5.74, 6) is 1.35. The second-order valence-electron chi connectivity index (χ2n) is 11.3. The Morgan fingerprint density at radius 3 is 1.64 bits per heavy atom. The van der Waals surface area contributed by atoms with Crippen molar-refractivity contribution >= 4 is 51.3 Å². The van der Waals surface area contributed by atoms with Gasteiger partial charge in [0.1, 0.15) is 9.39 Å². The van der Waals surface area contributed by atoms with Crippen molar-refractivity contribution in [1.29, 1.82) is 0 Å². The highest BCUT2D eigenvalue weighted by Crippen LogP contribution is 2.25. The first-order chi connectivity index (χ1) is 24.5. The summed E-state index contributed by atoms with van der Waals surface area (Å²) in [4.78, 5) is 38.6. The summed E-state index contributed by atoms with van der Waals surface area (Å²) in [7, 11) is 0. The molecule has 0 atom stereocenters.